The van der Waals surface area contributed by atoms with Crippen molar-refractivity contribution in [2.45, 2.75) is 13.1 Å². The van der Waals surface area contributed by atoms with Crippen molar-refractivity contribution in [3.8, 4) is 28.1 Å². The first-order valence-electron chi connectivity index (χ1n) is 9.96. The molecule has 0 aliphatic heterocycles. The summed E-state index contributed by atoms with van der Waals surface area (Å²) in [6.45, 7) is 1.92. The van der Waals surface area contributed by atoms with Crippen LogP contribution in [0.3, 0.4) is 0 Å². The number of thiazole rings is 1. The molecule has 3 aromatic carbocycles. The minimum atomic E-state index is -4.42. The molecule has 1 amide bonds. The number of hydrogen-bond acceptors (Lipinski definition) is 4. The molecule has 168 valence electrons. The molecule has 4 rings (SSSR count). The van der Waals surface area contributed by atoms with Gasteiger partial charge in [-0.3, -0.25) is 10.1 Å². The van der Waals surface area contributed by atoms with Crippen molar-refractivity contribution >= 4 is 22.4 Å². The number of amides is 1. The summed E-state index contributed by atoms with van der Waals surface area (Å²) >= 11 is 1.35. The van der Waals surface area contributed by atoms with E-state index in [2.05, 4.69) is 10.3 Å². The molecule has 4 nitrogen and oxygen atoms in total. The smallest absolute Gasteiger partial charge is 0.416 e. The Morgan fingerprint density at radius 2 is 1.58 bits per heavy atom. The van der Waals surface area contributed by atoms with Gasteiger partial charge in [0.15, 0.2) is 5.13 Å². The minimum absolute atomic E-state index is 0.344. The van der Waals surface area contributed by atoms with Gasteiger partial charge in [-0.15, -0.1) is 11.3 Å². The maximum atomic E-state index is 13.0. The Bertz CT molecular complexity index is 1280. The number of alkyl halides is 3. The second kappa shape index (κ2) is 9.07. The molecule has 1 heterocycles. The van der Waals surface area contributed by atoms with Crippen molar-refractivity contribution in [3.05, 3.63) is 88.8 Å². The van der Waals surface area contributed by atoms with Crippen LogP contribution in [0.15, 0.2) is 72.8 Å². The van der Waals surface area contributed by atoms with Gasteiger partial charge < -0.3 is 4.74 Å². The molecule has 0 aliphatic carbocycles. The Balaban J connectivity index is 1.59. The normalized spacial score (nSPS) is 11.3. The second-order valence-corrected chi connectivity index (χ2v) is 8.43. The number of aromatic nitrogens is 1. The molecule has 4 aromatic rings. The number of carbonyl (C=O) groups is 1. The number of hydrogen-bond donors (Lipinski definition) is 1. The molecule has 0 fully saturated rings. The van der Waals surface area contributed by atoms with Crippen molar-refractivity contribution in [2.75, 3.05) is 12.4 Å². The fraction of sp³-hybridized carbons (Fsp3) is 0.120. The number of anilines is 1. The number of aryl methyl sites for hydroxylation is 1. The second-order valence-electron chi connectivity index (χ2n) is 7.23. The van der Waals surface area contributed by atoms with Gasteiger partial charge in [-0.1, -0.05) is 30.3 Å². The molecule has 1 aromatic heterocycles. The van der Waals surface area contributed by atoms with E-state index >= 15 is 0 Å². The number of nitrogens with zero attached hydrogens (tertiary/aromatic N) is 1. The third kappa shape index (κ3) is 4.90. The Hall–Kier alpha value is -3.65. The SMILES string of the molecule is COc1ccc(-c2nc(NC(=O)c3ccccc3-c3ccc(C(F)(F)F)cc3)sc2C)cc1. The highest BCUT2D eigenvalue weighted by Crippen LogP contribution is 2.34. The highest BCUT2D eigenvalue weighted by molar-refractivity contribution is 7.16. The molecular weight excluding hydrogens is 449 g/mol. The van der Waals surface area contributed by atoms with Gasteiger partial charge in [0.25, 0.3) is 5.91 Å². The first-order chi connectivity index (χ1) is 15.8. The maximum absolute atomic E-state index is 13.0. The van der Waals surface area contributed by atoms with E-state index in [1.165, 1.54) is 23.5 Å². The van der Waals surface area contributed by atoms with Crippen LogP contribution in [0.25, 0.3) is 22.4 Å². The quantitative estimate of drug-likeness (QED) is 0.341. The van der Waals surface area contributed by atoms with Gasteiger partial charge in [-0.05, 0) is 60.5 Å². The van der Waals surface area contributed by atoms with Gasteiger partial charge in [0.1, 0.15) is 5.75 Å². The summed E-state index contributed by atoms with van der Waals surface area (Å²) in [6, 6.07) is 19.0. The molecule has 1 N–H and O–H groups in total. The van der Waals surface area contributed by atoms with Gasteiger partial charge in [0.2, 0.25) is 0 Å². The monoisotopic (exact) mass is 468 g/mol. The average molecular weight is 469 g/mol. The van der Waals surface area contributed by atoms with Gasteiger partial charge in [0.05, 0.1) is 18.4 Å². The van der Waals surface area contributed by atoms with E-state index in [0.29, 0.717) is 21.8 Å². The summed E-state index contributed by atoms with van der Waals surface area (Å²) in [5.41, 5.74) is 2.31. The highest BCUT2D eigenvalue weighted by Gasteiger charge is 2.30. The first kappa shape index (κ1) is 22.5. The Labute approximate surface area is 192 Å². The van der Waals surface area contributed by atoms with Crippen LogP contribution in [0.5, 0.6) is 5.75 Å². The van der Waals surface area contributed by atoms with Crippen molar-refractivity contribution in [1.29, 1.82) is 0 Å². The van der Waals surface area contributed by atoms with Crippen molar-refractivity contribution < 1.29 is 22.7 Å². The number of ether oxygens (including phenoxy) is 1. The maximum Gasteiger partial charge on any atom is 0.416 e. The molecule has 0 aliphatic rings. The van der Waals surface area contributed by atoms with E-state index in [4.69, 9.17) is 4.74 Å². The first-order valence-corrected chi connectivity index (χ1v) is 10.8. The summed E-state index contributed by atoms with van der Waals surface area (Å²) in [6.07, 6.45) is -4.42. The van der Waals surface area contributed by atoms with Gasteiger partial charge in [0, 0.05) is 16.0 Å². The molecule has 0 bridgehead atoms. The van der Waals surface area contributed by atoms with Crippen LogP contribution < -0.4 is 10.1 Å². The number of carbonyl (C=O) groups excluding carboxylic acids is 1. The third-order valence-corrected chi connectivity index (χ3v) is 5.96. The molecular formula is C25H19F3N2O2S. The topological polar surface area (TPSA) is 51.2 Å². The van der Waals surface area contributed by atoms with Crippen molar-refractivity contribution in [3.63, 3.8) is 0 Å². The lowest BCUT2D eigenvalue weighted by molar-refractivity contribution is -0.137. The van der Waals surface area contributed by atoms with E-state index in [1.54, 1.807) is 31.4 Å². The summed E-state index contributed by atoms with van der Waals surface area (Å²) in [4.78, 5) is 18.5. The molecule has 0 saturated carbocycles. The Morgan fingerprint density at radius 1 is 0.939 bits per heavy atom. The molecule has 0 unspecified atom stereocenters. The Morgan fingerprint density at radius 3 is 2.21 bits per heavy atom. The molecule has 8 heteroatoms. The fourth-order valence-corrected chi connectivity index (χ4v) is 4.23. The van der Waals surface area contributed by atoms with Crippen LogP contribution >= 0.6 is 11.3 Å². The molecule has 0 spiro atoms. The minimum Gasteiger partial charge on any atom is -0.497 e. The number of nitrogens with one attached hydrogen (secondary N) is 1. The standard InChI is InChI=1S/C25H19F3N2O2S/c1-15-22(17-9-13-19(32-2)14-10-17)29-24(33-15)30-23(31)21-6-4-3-5-20(21)16-7-11-18(12-8-16)25(26,27)28/h3-14H,1-2H3,(H,29,30,31). The van der Waals surface area contributed by atoms with Crippen LogP contribution in [0.2, 0.25) is 0 Å². The van der Waals surface area contributed by atoms with Crippen LogP contribution in [-0.4, -0.2) is 18.0 Å². The fourth-order valence-electron chi connectivity index (χ4n) is 3.40. The summed E-state index contributed by atoms with van der Waals surface area (Å²) < 4.78 is 43.9. The van der Waals surface area contributed by atoms with Gasteiger partial charge in [-0.25, -0.2) is 4.98 Å². The zero-order valence-corrected chi connectivity index (χ0v) is 18.6. The van der Waals surface area contributed by atoms with E-state index in [-0.39, 0.29) is 5.91 Å². The number of benzene rings is 3. The highest BCUT2D eigenvalue weighted by atomic mass is 32.1. The van der Waals surface area contributed by atoms with Crippen LogP contribution in [0.1, 0.15) is 20.8 Å². The van der Waals surface area contributed by atoms with Crippen LogP contribution in [0.4, 0.5) is 18.3 Å². The summed E-state index contributed by atoms with van der Waals surface area (Å²) in [7, 11) is 1.60. The van der Waals surface area contributed by atoms with Crippen molar-refractivity contribution in [1.82, 2.24) is 4.98 Å². The summed E-state index contributed by atoms with van der Waals surface area (Å²) in [5, 5.41) is 3.26. The van der Waals surface area contributed by atoms with Crippen LogP contribution in [-0.2, 0) is 6.18 Å². The molecule has 0 saturated heterocycles. The molecule has 33 heavy (non-hydrogen) atoms. The molecule has 0 radical (unpaired) electrons. The zero-order valence-electron chi connectivity index (χ0n) is 17.7. The van der Waals surface area contributed by atoms with Gasteiger partial charge in [-0.2, -0.15) is 13.2 Å². The lowest BCUT2D eigenvalue weighted by Crippen LogP contribution is -2.13. The number of rotatable bonds is 5. The van der Waals surface area contributed by atoms with E-state index in [1.807, 2.05) is 31.2 Å². The van der Waals surface area contributed by atoms with E-state index in [0.717, 1.165) is 34.0 Å². The number of methoxy groups -OCH3 is 1. The molecule has 0 atom stereocenters. The predicted octanol–water partition coefficient (Wildman–Crippen LogP) is 7.07. The van der Waals surface area contributed by atoms with Gasteiger partial charge >= 0.3 is 6.18 Å². The predicted molar refractivity (Wildman–Crippen MR) is 124 cm³/mol. The third-order valence-electron chi connectivity index (χ3n) is 5.08. The van der Waals surface area contributed by atoms with Crippen LogP contribution in [0, 0.1) is 6.92 Å². The van der Waals surface area contributed by atoms with Crippen molar-refractivity contribution in [2.24, 2.45) is 0 Å². The number of halogens is 3. The summed E-state index contributed by atoms with van der Waals surface area (Å²) in [5.74, 6) is 0.348. The lowest BCUT2D eigenvalue weighted by Gasteiger charge is -2.11. The van der Waals surface area contributed by atoms with E-state index in [9.17, 15) is 18.0 Å². The zero-order chi connectivity index (χ0) is 23.6. The average Bonchev–Trinajstić information content (AvgIpc) is 3.18. The lowest BCUT2D eigenvalue weighted by atomic mass is 9.98. The van der Waals surface area contributed by atoms with E-state index < -0.39 is 11.7 Å². The largest absolute Gasteiger partial charge is 0.497 e. The Kier molecular flexibility index (Phi) is 6.20.